The number of aromatic hydroxyl groups is 3. The number of piperazine rings is 1. The van der Waals surface area contributed by atoms with Crippen LogP contribution in [0.1, 0.15) is 34.7 Å². The molecule has 0 spiro atoms. The maximum atomic E-state index is 12.8. The minimum atomic E-state index is -0.609. The molecule has 5 aromatic carbocycles. The number of halogens is 2. The second-order valence-electron chi connectivity index (χ2n) is 12.9. The Morgan fingerprint density at radius 3 is 1.55 bits per heavy atom. The van der Waals surface area contributed by atoms with Gasteiger partial charge in [-0.1, -0.05) is 77.9 Å². The lowest BCUT2D eigenvalue weighted by Gasteiger charge is -2.39. The van der Waals surface area contributed by atoms with Gasteiger partial charge in [0.2, 0.25) is 5.91 Å². The third-order valence-corrected chi connectivity index (χ3v) is 8.32. The summed E-state index contributed by atoms with van der Waals surface area (Å²) in [6.07, 6.45) is 0. The summed E-state index contributed by atoms with van der Waals surface area (Å²) >= 11 is 5.59. The van der Waals surface area contributed by atoms with E-state index in [2.05, 4.69) is 24.0 Å². The van der Waals surface area contributed by atoms with Crippen LogP contribution in [0, 0.1) is 53.7 Å². The number of nitro groups is 2. The van der Waals surface area contributed by atoms with E-state index in [-0.39, 0.29) is 46.5 Å². The molecule has 0 aliphatic carbocycles. The van der Waals surface area contributed by atoms with Gasteiger partial charge in [-0.15, -0.1) is 11.6 Å². The average molecular weight is 791 g/mol. The Morgan fingerprint density at radius 2 is 1.18 bits per heavy atom. The largest absolute Gasteiger partial charge is 0.508 e. The zero-order valence-corrected chi connectivity index (χ0v) is 32.8. The number of benzene rings is 5. The number of nitrogens with zero attached hydrogens (tertiary/aromatic N) is 4. The topological polar surface area (TPSA) is 171 Å². The van der Waals surface area contributed by atoms with E-state index < -0.39 is 9.85 Å². The van der Waals surface area contributed by atoms with Crippen LogP contribution in [0.25, 0.3) is 0 Å². The van der Waals surface area contributed by atoms with Gasteiger partial charge in [-0.2, -0.15) is 0 Å². The van der Waals surface area contributed by atoms with Crippen molar-refractivity contribution in [3.8, 4) is 17.2 Å². The van der Waals surface area contributed by atoms with Crippen LogP contribution in [0.15, 0.2) is 115 Å². The molecule has 0 aromatic heterocycles. The summed E-state index contributed by atoms with van der Waals surface area (Å²) in [6, 6.07) is 32.6. The molecule has 0 bridgehead atoms. The Hall–Kier alpha value is -6.05. The van der Waals surface area contributed by atoms with Gasteiger partial charge in [0.05, 0.1) is 9.85 Å². The number of aryl methyl sites for hydroxylation is 4. The van der Waals surface area contributed by atoms with Crippen molar-refractivity contribution < 1.29 is 34.4 Å². The van der Waals surface area contributed by atoms with Crippen LogP contribution in [-0.4, -0.2) is 72.4 Å². The highest BCUT2D eigenvalue weighted by Crippen LogP contribution is 2.26. The van der Waals surface area contributed by atoms with E-state index in [1.807, 2.05) is 49.1 Å². The molecule has 3 N–H and O–H groups in total. The lowest BCUT2D eigenvalue weighted by molar-refractivity contribution is -0.386. The molecule has 12 nitrogen and oxygen atoms in total. The highest BCUT2D eigenvalue weighted by molar-refractivity contribution is 6.27. The van der Waals surface area contributed by atoms with Crippen LogP contribution in [0.4, 0.5) is 15.8 Å². The quantitative estimate of drug-likeness (QED) is 0.0893. The summed E-state index contributed by atoms with van der Waals surface area (Å²) in [4.78, 5) is 34.9. The van der Waals surface area contributed by atoms with E-state index in [9.17, 15) is 29.4 Å². The molecule has 1 saturated heterocycles. The van der Waals surface area contributed by atoms with Gasteiger partial charge < -0.3 is 20.2 Å². The summed E-state index contributed by atoms with van der Waals surface area (Å²) in [5.74, 6) is -0.426. The van der Waals surface area contributed by atoms with E-state index in [4.69, 9.17) is 26.9 Å². The molecule has 6 rings (SSSR count). The van der Waals surface area contributed by atoms with E-state index >= 15 is 0 Å². The van der Waals surface area contributed by atoms with Crippen molar-refractivity contribution in [2.75, 3.05) is 25.5 Å². The Labute approximate surface area is 331 Å². The van der Waals surface area contributed by atoms with Gasteiger partial charge >= 0.3 is 11.4 Å². The van der Waals surface area contributed by atoms with Crippen LogP contribution < -0.4 is 0 Å². The lowest BCUT2D eigenvalue weighted by Crippen LogP contribution is -2.53. The van der Waals surface area contributed by atoms with Crippen molar-refractivity contribution in [3.05, 3.63) is 169 Å². The fraction of sp³-hybridized carbons (Fsp3) is 0.262. The highest BCUT2D eigenvalue weighted by Gasteiger charge is 2.26. The zero-order chi connectivity index (χ0) is 41.8. The molecule has 0 unspecified atom stereocenters. The van der Waals surface area contributed by atoms with Crippen LogP contribution in [0.2, 0.25) is 0 Å². The summed E-state index contributed by atoms with van der Waals surface area (Å²) in [6.45, 7) is 12.7. The molecule has 14 heteroatoms. The van der Waals surface area contributed by atoms with E-state index in [1.54, 1.807) is 50.2 Å². The van der Waals surface area contributed by atoms with E-state index in [0.29, 0.717) is 12.3 Å². The predicted octanol–water partition coefficient (Wildman–Crippen LogP) is 9.01. The van der Waals surface area contributed by atoms with E-state index in [0.717, 1.165) is 36.3 Å². The molecule has 1 amide bonds. The number of rotatable bonds is 5. The zero-order valence-electron chi connectivity index (χ0n) is 32.0. The second kappa shape index (κ2) is 23.7. The predicted molar refractivity (Wildman–Crippen MR) is 217 cm³/mol. The standard InChI is InChI=1S/C14H18ClFN2O.2C7H7NO3.C7H8O.C7H8/c1-11-9-17(6-7-18(11)14(19)8-15)10-12-2-4-13(16)5-3-12;2*1-5-2-3-7(9)6(4-5)8(10)11;1-6-2-4-7(8)5-3-6;1-7-5-3-2-4-6-7/h2-5,11H,6-10H2,1H3;2*2-4,9H,1H3;2-5,8H,1H3;2-6H,1H3/t11-;;;;/m1..../s1. The van der Waals surface area contributed by atoms with Crippen molar-refractivity contribution in [2.45, 2.75) is 47.2 Å². The number of phenolic OH excluding ortho intramolecular Hbond substituents is 3. The maximum Gasteiger partial charge on any atom is 0.310 e. The maximum absolute atomic E-state index is 12.8. The number of nitro benzene ring substituents is 2. The first-order valence-corrected chi connectivity index (χ1v) is 18.0. The van der Waals surface area contributed by atoms with Crippen molar-refractivity contribution in [2.24, 2.45) is 0 Å². The van der Waals surface area contributed by atoms with Crippen LogP contribution in [0.5, 0.6) is 17.2 Å². The smallest absolute Gasteiger partial charge is 0.310 e. The Morgan fingerprint density at radius 1 is 0.714 bits per heavy atom. The summed E-state index contributed by atoms with van der Waals surface area (Å²) in [5.41, 5.74) is 4.61. The van der Waals surface area contributed by atoms with Crippen molar-refractivity contribution >= 4 is 28.9 Å². The molecule has 5 aromatic rings. The number of hydrogen-bond donors (Lipinski definition) is 3. The number of hydrogen-bond acceptors (Lipinski definition) is 9. The third kappa shape index (κ3) is 17.0. The number of phenols is 3. The first-order chi connectivity index (χ1) is 26.5. The van der Waals surface area contributed by atoms with Crippen molar-refractivity contribution in [1.29, 1.82) is 0 Å². The summed E-state index contributed by atoms with van der Waals surface area (Å²) < 4.78 is 12.8. The Balaban J connectivity index is 0.000000254. The normalized spacial score (nSPS) is 13.1. The first kappa shape index (κ1) is 46.1. The molecular formula is C42H48ClFN4O8. The molecule has 1 aliphatic heterocycles. The Kier molecular flexibility index (Phi) is 19.5. The monoisotopic (exact) mass is 790 g/mol. The summed E-state index contributed by atoms with van der Waals surface area (Å²) in [5, 5.41) is 47.1. The van der Waals surface area contributed by atoms with E-state index in [1.165, 1.54) is 47.5 Å². The third-order valence-electron chi connectivity index (χ3n) is 8.10. The molecule has 1 fully saturated rings. The molecule has 1 aliphatic rings. The van der Waals surface area contributed by atoms with Gasteiger partial charge in [0, 0.05) is 44.4 Å². The number of amides is 1. The fourth-order valence-corrected chi connectivity index (χ4v) is 5.26. The number of alkyl halides is 1. The van der Waals surface area contributed by atoms with Crippen molar-refractivity contribution in [1.82, 2.24) is 9.80 Å². The highest BCUT2D eigenvalue weighted by atomic mass is 35.5. The molecular weight excluding hydrogens is 743 g/mol. The van der Waals surface area contributed by atoms with Gasteiger partial charge in [0.15, 0.2) is 11.5 Å². The first-order valence-electron chi connectivity index (χ1n) is 17.5. The molecule has 0 saturated carbocycles. The minimum Gasteiger partial charge on any atom is -0.508 e. The molecule has 298 valence electrons. The lowest BCUT2D eigenvalue weighted by atomic mass is 10.1. The summed E-state index contributed by atoms with van der Waals surface area (Å²) in [7, 11) is 0. The van der Waals surface area contributed by atoms with Gasteiger partial charge in [0.1, 0.15) is 17.4 Å². The van der Waals surface area contributed by atoms with Gasteiger partial charge in [0.25, 0.3) is 0 Å². The second-order valence-corrected chi connectivity index (χ2v) is 13.2. The average Bonchev–Trinajstić information content (AvgIpc) is 3.16. The number of carbonyl (C=O) groups excluding carboxylic acids is 1. The van der Waals surface area contributed by atoms with Crippen LogP contribution >= 0.6 is 11.6 Å². The molecule has 1 heterocycles. The van der Waals surface area contributed by atoms with Gasteiger partial charge in [-0.3, -0.25) is 29.9 Å². The van der Waals surface area contributed by atoms with Crippen LogP contribution in [-0.2, 0) is 11.3 Å². The van der Waals surface area contributed by atoms with Gasteiger partial charge in [-0.05, 0) is 87.7 Å². The van der Waals surface area contributed by atoms with Gasteiger partial charge in [-0.25, -0.2) is 4.39 Å². The minimum absolute atomic E-state index is 0.00408. The SMILES string of the molecule is C[C@@H]1CN(Cc2ccc(F)cc2)CCN1C(=O)CCl.Cc1ccc(O)c([N+](=O)[O-])c1.Cc1ccc(O)c([N+](=O)[O-])c1.Cc1ccc(O)cc1.Cc1ccccc1. The van der Waals surface area contributed by atoms with Crippen LogP contribution in [0.3, 0.4) is 0 Å². The number of carbonyl (C=O) groups is 1. The molecule has 1 atom stereocenters. The fourth-order valence-electron chi connectivity index (χ4n) is 5.11. The van der Waals surface area contributed by atoms with Crippen molar-refractivity contribution in [3.63, 3.8) is 0 Å². The molecule has 0 radical (unpaired) electrons. The molecule has 56 heavy (non-hydrogen) atoms. The Bertz CT molecular complexity index is 1900.